The monoisotopic (exact) mass is 415 g/mol. The Hall–Kier alpha value is -2.87. The van der Waals surface area contributed by atoms with Crippen LogP contribution in [-0.4, -0.2) is 41.7 Å². The first-order valence-electron chi connectivity index (χ1n) is 9.11. The van der Waals surface area contributed by atoms with Crippen molar-refractivity contribution in [1.29, 1.82) is 0 Å². The maximum atomic E-state index is 13.2. The standard InChI is InChI=1S/C21H22FN3O3S/c1-4-19-20(26)25(13-14-5-8-16(22)9-6-14)21(29-19)24-23-12-15-7-10-17(27-2)11-18(15)28-3/h5-12,19H,4,13H2,1-3H3/b23-12+,24-21+. The number of benzene rings is 2. The number of ether oxygens (including phenoxy) is 2. The van der Waals surface area contributed by atoms with Crippen LogP contribution in [0.15, 0.2) is 52.7 Å². The first kappa shape index (κ1) is 20.9. The molecule has 152 valence electrons. The third-order valence-corrected chi connectivity index (χ3v) is 5.76. The Morgan fingerprint density at radius 1 is 1.17 bits per heavy atom. The number of amides is 1. The SMILES string of the molecule is CCC1S/C(=N/N=C/c2ccc(OC)cc2OC)N(Cc2ccc(F)cc2)C1=O. The predicted octanol–water partition coefficient (Wildman–Crippen LogP) is 4.09. The summed E-state index contributed by atoms with van der Waals surface area (Å²) in [5.74, 6) is 0.962. The van der Waals surface area contributed by atoms with E-state index in [-0.39, 0.29) is 17.0 Å². The van der Waals surface area contributed by atoms with Crippen molar-refractivity contribution >= 4 is 29.1 Å². The van der Waals surface area contributed by atoms with Crippen LogP contribution in [0.3, 0.4) is 0 Å². The molecule has 2 aromatic rings. The van der Waals surface area contributed by atoms with E-state index in [4.69, 9.17) is 9.47 Å². The quantitative estimate of drug-likeness (QED) is 0.505. The summed E-state index contributed by atoms with van der Waals surface area (Å²) in [6, 6.07) is 11.5. The minimum atomic E-state index is -0.311. The maximum Gasteiger partial charge on any atom is 0.242 e. The van der Waals surface area contributed by atoms with Gasteiger partial charge in [-0.1, -0.05) is 30.8 Å². The van der Waals surface area contributed by atoms with E-state index in [0.29, 0.717) is 29.6 Å². The molecule has 6 nitrogen and oxygen atoms in total. The van der Waals surface area contributed by atoms with E-state index in [1.54, 1.807) is 49.6 Å². The average molecular weight is 415 g/mol. The van der Waals surface area contributed by atoms with E-state index >= 15 is 0 Å². The fourth-order valence-corrected chi connectivity index (χ4v) is 3.85. The van der Waals surface area contributed by atoms with Crippen LogP contribution >= 0.6 is 11.8 Å². The van der Waals surface area contributed by atoms with Crippen molar-refractivity contribution in [1.82, 2.24) is 4.90 Å². The van der Waals surface area contributed by atoms with Crippen LogP contribution in [0.2, 0.25) is 0 Å². The molecule has 1 unspecified atom stereocenters. The summed E-state index contributed by atoms with van der Waals surface area (Å²) in [4.78, 5) is 14.3. The van der Waals surface area contributed by atoms with E-state index in [0.717, 1.165) is 11.1 Å². The van der Waals surface area contributed by atoms with Crippen LogP contribution in [0.4, 0.5) is 4.39 Å². The average Bonchev–Trinajstić information content (AvgIpc) is 3.04. The second-order valence-corrected chi connectivity index (χ2v) is 7.47. The van der Waals surface area contributed by atoms with Gasteiger partial charge >= 0.3 is 0 Å². The molecule has 0 spiro atoms. The van der Waals surface area contributed by atoms with E-state index in [2.05, 4.69) is 10.2 Å². The Labute approximate surface area is 173 Å². The fourth-order valence-electron chi connectivity index (χ4n) is 2.83. The van der Waals surface area contributed by atoms with Crippen LogP contribution in [0, 0.1) is 5.82 Å². The highest BCUT2D eigenvalue weighted by Crippen LogP contribution is 2.31. The number of hydrogen-bond acceptors (Lipinski definition) is 6. The van der Waals surface area contributed by atoms with Gasteiger partial charge < -0.3 is 9.47 Å². The molecule has 1 aliphatic heterocycles. The Kier molecular flexibility index (Phi) is 6.87. The lowest BCUT2D eigenvalue weighted by Gasteiger charge is -2.15. The number of halogens is 1. The zero-order valence-corrected chi connectivity index (χ0v) is 17.3. The van der Waals surface area contributed by atoms with Crippen molar-refractivity contribution in [3.63, 3.8) is 0 Å². The van der Waals surface area contributed by atoms with Gasteiger partial charge in [-0.05, 0) is 36.2 Å². The molecule has 0 N–H and O–H groups in total. The number of hydrogen-bond donors (Lipinski definition) is 0. The highest BCUT2D eigenvalue weighted by Gasteiger charge is 2.36. The van der Waals surface area contributed by atoms with Crippen LogP contribution in [0.25, 0.3) is 0 Å². The summed E-state index contributed by atoms with van der Waals surface area (Å²) in [6.07, 6.45) is 2.27. The molecule has 1 heterocycles. The van der Waals surface area contributed by atoms with Gasteiger partial charge in [0.05, 0.1) is 32.2 Å². The van der Waals surface area contributed by atoms with E-state index < -0.39 is 0 Å². The number of thioether (sulfide) groups is 1. The lowest BCUT2D eigenvalue weighted by molar-refractivity contribution is -0.126. The van der Waals surface area contributed by atoms with Crippen molar-refractivity contribution in [2.45, 2.75) is 25.1 Å². The van der Waals surface area contributed by atoms with Gasteiger partial charge in [-0.15, -0.1) is 5.10 Å². The van der Waals surface area contributed by atoms with Gasteiger partial charge in [0.25, 0.3) is 0 Å². The lowest BCUT2D eigenvalue weighted by atomic mass is 10.2. The molecule has 0 saturated carbocycles. The molecular weight excluding hydrogens is 393 g/mol. The molecule has 0 aromatic heterocycles. The zero-order chi connectivity index (χ0) is 20.8. The summed E-state index contributed by atoms with van der Waals surface area (Å²) in [6.45, 7) is 2.28. The molecule has 29 heavy (non-hydrogen) atoms. The highest BCUT2D eigenvalue weighted by atomic mass is 32.2. The van der Waals surface area contributed by atoms with Gasteiger partial charge in [-0.2, -0.15) is 5.10 Å². The molecule has 3 rings (SSSR count). The summed E-state index contributed by atoms with van der Waals surface area (Å²) < 4.78 is 23.7. The number of rotatable bonds is 7. The molecule has 0 radical (unpaired) electrons. The molecule has 2 aromatic carbocycles. The molecule has 8 heteroatoms. The van der Waals surface area contributed by atoms with Crippen LogP contribution < -0.4 is 9.47 Å². The molecule has 1 saturated heterocycles. The van der Waals surface area contributed by atoms with Gasteiger partial charge in [0.2, 0.25) is 5.91 Å². The van der Waals surface area contributed by atoms with E-state index in [9.17, 15) is 9.18 Å². The second kappa shape index (κ2) is 9.56. The summed E-state index contributed by atoms with van der Waals surface area (Å²) in [7, 11) is 3.16. The minimum absolute atomic E-state index is 0.0159. The van der Waals surface area contributed by atoms with E-state index in [1.165, 1.54) is 23.9 Å². The van der Waals surface area contributed by atoms with Gasteiger partial charge in [0, 0.05) is 11.6 Å². The molecule has 1 amide bonds. The number of methoxy groups -OCH3 is 2. The summed E-state index contributed by atoms with van der Waals surface area (Å²) in [5.41, 5.74) is 1.56. The minimum Gasteiger partial charge on any atom is -0.497 e. The van der Waals surface area contributed by atoms with Crippen molar-refractivity contribution in [2.75, 3.05) is 14.2 Å². The number of carbonyl (C=O) groups excluding carboxylic acids is 1. The molecule has 0 bridgehead atoms. The van der Waals surface area contributed by atoms with Gasteiger partial charge in [-0.25, -0.2) is 4.39 Å². The molecule has 0 aliphatic carbocycles. The number of amidine groups is 1. The predicted molar refractivity (Wildman–Crippen MR) is 113 cm³/mol. The van der Waals surface area contributed by atoms with Crippen molar-refractivity contribution in [3.8, 4) is 11.5 Å². The number of carbonyl (C=O) groups is 1. The Balaban J connectivity index is 1.82. The normalized spacial score (nSPS) is 18.1. The topological polar surface area (TPSA) is 63.5 Å². The Morgan fingerprint density at radius 3 is 2.59 bits per heavy atom. The fraction of sp³-hybridized carbons (Fsp3) is 0.286. The largest absolute Gasteiger partial charge is 0.497 e. The third kappa shape index (κ3) is 4.95. The molecule has 1 fully saturated rings. The second-order valence-electron chi connectivity index (χ2n) is 6.30. The Morgan fingerprint density at radius 2 is 1.93 bits per heavy atom. The maximum absolute atomic E-state index is 13.2. The van der Waals surface area contributed by atoms with Gasteiger partial charge in [0.1, 0.15) is 17.3 Å². The highest BCUT2D eigenvalue weighted by molar-refractivity contribution is 8.15. The van der Waals surface area contributed by atoms with Crippen molar-refractivity contribution < 1.29 is 18.7 Å². The van der Waals surface area contributed by atoms with Crippen LogP contribution in [0.1, 0.15) is 24.5 Å². The summed E-state index contributed by atoms with van der Waals surface area (Å²) >= 11 is 1.39. The van der Waals surface area contributed by atoms with Crippen molar-refractivity contribution in [3.05, 3.63) is 59.4 Å². The third-order valence-electron chi connectivity index (χ3n) is 4.43. The molecule has 1 atom stereocenters. The molecule has 1 aliphatic rings. The van der Waals surface area contributed by atoms with Gasteiger partial charge in [-0.3, -0.25) is 9.69 Å². The van der Waals surface area contributed by atoms with Crippen LogP contribution in [0.5, 0.6) is 11.5 Å². The Bertz CT molecular complexity index is 931. The van der Waals surface area contributed by atoms with E-state index in [1.807, 2.05) is 13.0 Å². The van der Waals surface area contributed by atoms with Gasteiger partial charge in [0.15, 0.2) is 5.17 Å². The zero-order valence-electron chi connectivity index (χ0n) is 16.5. The van der Waals surface area contributed by atoms with Crippen LogP contribution in [-0.2, 0) is 11.3 Å². The summed E-state index contributed by atoms with van der Waals surface area (Å²) in [5, 5.41) is 8.77. The lowest BCUT2D eigenvalue weighted by Crippen LogP contribution is -2.31. The number of nitrogens with zero attached hydrogens (tertiary/aromatic N) is 3. The van der Waals surface area contributed by atoms with Crippen molar-refractivity contribution in [2.24, 2.45) is 10.2 Å². The first-order valence-corrected chi connectivity index (χ1v) is 9.99. The smallest absolute Gasteiger partial charge is 0.242 e. The first-order chi connectivity index (χ1) is 14.0. The molecular formula is C21H22FN3O3S.